The summed E-state index contributed by atoms with van der Waals surface area (Å²) in [6.45, 7) is 1.95. The second-order valence-electron chi connectivity index (χ2n) is 5.75. The van der Waals surface area contributed by atoms with E-state index in [0.29, 0.717) is 39.1 Å². The van der Waals surface area contributed by atoms with Gasteiger partial charge in [0.1, 0.15) is 0 Å². The van der Waals surface area contributed by atoms with Gasteiger partial charge in [-0.1, -0.05) is 40.9 Å². The minimum Gasteiger partial charge on any atom is -0.362 e. The van der Waals surface area contributed by atoms with Gasteiger partial charge in [0.2, 0.25) is 0 Å². The maximum absolute atomic E-state index is 6.20. The van der Waals surface area contributed by atoms with Gasteiger partial charge in [-0.3, -0.25) is 9.36 Å². The Kier molecular flexibility index (Phi) is 6.95. The van der Waals surface area contributed by atoms with E-state index in [2.05, 4.69) is 20.8 Å². The Balaban J connectivity index is 1.45. The van der Waals surface area contributed by atoms with Gasteiger partial charge in [0.05, 0.1) is 17.8 Å². The van der Waals surface area contributed by atoms with E-state index in [-0.39, 0.29) is 0 Å². The lowest BCUT2D eigenvalue weighted by molar-refractivity contribution is 0.574. The second kappa shape index (κ2) is 9.41. The average molecular weight is 444 g/mol. The Morgan fingerprint density at radius 1 is 1.11 bits per heavy atom. The highest BCUT2D eigenvalue weighted by Gasteiger charge is 2.08. The van der Waals surface area contributed by atoms with Crippen LogP contribution in [0.25, 0.3) is 0 Å². The molecule has 0 saturated heterocycles. The Bertz CT molecular complexity index is 903. The number of hydrogen-bond donors (Lipinski definition) is 2. The first-order valence-electron chi connectivity index (χ1n) is 8.20. The van der Waals surface area contributed by atoms with Crippen molar-refractivity contribution in [1.82, 2.24) is 24.9 Å². The first kappa shape index (κ1) is 19.9. The van der Waals surface area contributed by atoms with Crippen LogP contribution < -0.4 is 10.6 Å². The van der Waals surface area contributed by atoms with Crippen LogP contribution in [-0.4, -0.2) is 31.2 Å². The van der Waals surface area contributed by atoms with Gasteiger partial charge in [-0.05, 0) is 30.8 Å². The number of aromatic nitrogens is 4. The molecule has 0 unspecified atom stereocenters. The molecule has 0 saturated carbocycles. The third-order valence-corrected chi connectivity index (χ3v) is 4.87. The highest BCUT2D eigenvalue weighted by atomic mass is 35.5. The number of benzene rings is 1. The van der Waals surface area contributed by atoms with Gasteiger partial charge in [0, 0.05) is 47.2 Å². The topological polar surface area (TPSA) is 59.7 Å². The molecule has 0 aliphatic heterocycles. The van der Waals surface area contributed by atoms with Crippen LogP contribution in [0.5, 0.6) is 0 Å². The molecular formula is C17H17Cl3N6S. The van der Waals surface area contributed by atoms with Gasteiger partial charge in [-0.15, -0.1) is 0 Å². The van der Waals surface area contributed by atoms with Crippen molar-refractivity contribution >= 4 is 58.0 Å². The zero-order valence-electron chi connectivity index (χ0n) is 14.2. The van der Waals surface area contributed by atoms with Gasteiger partial charge >= 0.3 is 0 Å². The first-order valence-corrected chi connectivity index (χ1v) is 9.74. The summed E-state index contributed by atoms with van der Waals surface area (Å²) >= 11 is 23.5. The molecule has 0 atom stereocenters. The largest absolute Gasteiger partial charge is 0.362 e. The summed E-state index contributed by atoms with van der Waals surface area (Å²) in [7, 11) is 0. The predicted molar refractivity (Wildman–Crippen MR) is 114 cm³/mol. The zero-order chi connectivity index (χ0) is 19.2. The quantitative estimate of drug-likeness (QED) is 0.417. The lowest BCUT2D eigenvalue weighted by atomic mass is 10.2. The predicted octanol–water partition coefficient (Wildman–Crippen LogP) is 4.46. The summed E-state index contributed by atoms with van der Waals surface area (Å²) in [6, 6.07) is 7.27. The molecule has 27 heavy (non-hydrogen) atoms. The highest BCUT2D eigenvalue weighted by Crippen LogP contribution is 2.25. The average Bonchev–Trinajstić information content (AvgIpc) is 3.24. The molecule has 1 aromatic carbocycles. The summed E-state index contributed by atoms with van der Waals surface area (Å²) < 4.78 is 3.54. The van der Waals surface area contributed by atoms with Crippen LogP contribution in [0.4, 0.5) is 5.82 Å². The van der Waals surface area contributed by atoms with E-state index >= 15 is 0 Å². The number of anilines is 1. The maximum atomic E-state index is 6.20. The summed E-state index contributed by atoms with van der Waals surface area (Å²) in [5, 5.41) is 17.1. The third-order valence-electron chi connectivity index (χ3n) is 3.72. The molecule has 2 N–H and O–H groups in total. The van der Waals surface area contributed by atoms with E-state index in [1.54, 1.807) is 21.8 Å². The standard InChI is InChI=1S/C17H17Cl3N6S/c18-12-9-22-25(10-12)7-2-6-21-17(27)23-16-5-8-26(24-16)11-13-14(19)3-1-4-15(13)20/h1,3-5,8-10H,2,6-7,11H2,(H2,21,23,24,27). The van der Waals surface area contributed by atoms with Gasteiger partial charge in [0.15, 0.2) is 10.9 Å². The fraction of sp³-hybridized carbons (Fsp3) is 0.235. The van der Waals surface area contributed by atoms with Gasteiger partial charge in [0.25, 0.3) is 0 Å². The first-order chi connectivity index (χ1) is 13.0. The van der Waals surface area contributed by atoms with Crippen LogP contribution in [0.1, 0.15) is 12.0 Å². The van der Waals surface area contributed by atoms with Crippen molar-refractivity contribution < 1.29 is 0 Å². The van der Waals surface area contributed by atoms with Crippen molar-refractivity contribution in [2.45, 2.75) is 19.5 Å². The minimum atomic E-state index is 0.479. The van der Waals surface area contributed by atoms with Crippen LogP contribution in [0.3, 0.4) is 0 Å². The molecule has 0 aliphatic carbocycles. The fourth-order valence-corrected chi connectivity index (χ4v) is 3.31. The van der Waals surface area contributed by atoms with Crippen molar-refractivity contribution in [3.05, 3.63) is 63.5 Å². The van der Waals surface area contributed by atoms with Crippen LogP contribution >= 0.6 is 47.0 Å². The van der Waals surface area contributed by atoms with Crippen LogP contribution in [0.2, 0.25) is 15.1 Å². The van der Waals surface area contributed by atoms with Crippen molar-refractivity contribution in [2.75, 3.05) is 11.9 Å². The second-order valence-corrected chi connectivity index (χ2v) is 7.41. The summed E-state index contributed by atoms with van der Waals surface area (Å²) in [5.41, 5.74) is 0.829. The summed E-state index contributed by atoms with van der Waals surface area (Å²) in [5.74, 6) is 0.648. The Morgan fingerprint density at radius 2 is 1.89 bits per heavy atom. The molecule has 2 heterocycles. The molecule has 0 aliphatic rings. The maximum Gasteiger partial charge on any atom is 0.171 e. The number of aryl methyl sites for hydroxylation is 1. The number of thiocarbonyl (C=S) groups is 1. The highest BCUT2D eigenvalue weighted by molar-refractivity contribution is 7.80. The van der Waals surface area contributed by atoms with E-state index in [1.807, 2.05) is 30.5 Å². The molecular weight excluding hydrogens is 427 g/mol. The molecule has 0 spiro atoms. The molecule has 0 radical (unpaired) electrons. The van der Waals surface area contributed by atoms with E-state index < -0.39 is 0 Å². The lowest BCUT2D eigenvalue weighted by Gasteiger charge is -2.09. The van der Waals surface area contributed by atoms with Crippen LogP contribution in [-0.2, 0) is 13.1 Å². The number of nitrogens with zero attached hydrogens (tertiary/aromatic N) is 4. The number of halogens is 3. The zero-order valence-corrected chi connectivity index (χ0v) is 17.3. The van der Waals surface area contributed by atoms with Gasteiger partial charge < -0.3 is 10.6 Å². The molecule has 6 nitrogen and oxygen atoms in total. The van der Waals surface area contributed by atoms with E-state index in [4.69, 9.17) is 47.0 Å². The van der Waals surface area contributed by atoms with Crippen LogP contribution in [0, 0.1) is 0 Å². The van der Waals surface area contributed by atoms with Crippen molar-refractivity contribution in [2.24, 2.45) is 0 Å². The molecule has 0 amide bonds. The molecule has 0 bridgehead atoms. The molecule has 3 rings (SSSR count). The summed E-state index contributed by atoms with van der Waals surface area (Å²) in [6.07, 6.45) is 6.11. The SMILES string of the molecule is S=C(NCCCn1cc(Cl)cn1)Nc1ccn(Cc2c(Cl)cccc2Cl)n1. The fourth-order valence-electron chi connectivity index (χ4n) is 2.43. The number of rotatable bonds is 7. The Morgan fingerprint density at radius 3 is 2.59 bits per heavy atom. The number of hydrogen-bond acceptors (Lipinski definition) is 3. The molecule has 0 fully saturated rings. The smallest absolute Gasteiger partial charge is 0.171 e. The minimum absolute atomic E-state index is 0.479. The molecule has 3 aromatic rings. The summed E-state index contributed by atoms with van der Waals surface area (Å²) in [4.78, 5) is 0. The lowest BCUT2D eigenvalue weighted by Crippen LogP contribution is -2.30. The van der Waals surface area contributed by atoms with Crippen molar-refractivity contribution in [1.29, 1.82) is 0 Å². The monoisotopic (exact) mass is 442 g/mol. The number of nitrogens with one attached hydrogen (secondary N) is 2. The molecule has 2 aromatic heterocycles. The van der Waals surface area contributed by atoms with Gasteiger partial charge in [-0.25, -0.2) is 0 Å². The van der Waals surface area contributed by atoms with Crippen LogP contribution in [0.15, 0.2) is 42.9 Å². The van der Waals surface area contributed by atoms with E-state index in [0.717, 1.165) is 18.5 Å². The normalized spacial score (nSPS) is 10.8. The van der Waals surface area contributed by atoms with Gasteiger partial charge in [-0.2, -0.15) is 10.2 Å². The van der Waals surface area contributed by atoms with E-state index in [1.165, 1.54) is 0 Å². The molecule has 142 valence electrons. The van der Waals surface area contributed by atoms with Crippen molar-refractivity contribution in [3.63, 3.8) is 0 Å². The van der Waals surface area contributed by atoms with Crippen molar-refractivity contribution in [3.8, 4) is 0 Å². The third kappa shape index (κ3) is 5.84. The Hall–Kier alpha value is -1.80. The molecule has 10 heteroatoms. The van der Waals surface area contributed by atoms with E-state index in [9.17, 15) is 0 Å². The Labute approximate surface area is 177 Å².